The molecule has 0 fully saturated rings. The molecule has 20 heavy (non-hydrogen) atoms. The van der Waals surface area contributed by atoms with Crippen LogP contribution < -0.4 is 5.73 Å². The molecule has 0 amide bonds. The zero-order valence-corrected chi connectivity index (χ0v) is 9.22. The van der Waals surface area contributed by atoms with Gasteiger partial charge >= 0.3 is 24.2 Å². The maximum atomic E-state index is 13.3. The van der Waals surface area contributed by atoms with Crippen LogP contribution in [0.25, 0.3) is 0 Å². The molecule has 0 spiro atoms. The summed E-state index contributed by atoms with van der Waals surface area (Å²) in [7, 11) is 0. The fourth-order valence-electron chi connectivity index (χ4n) is 1.82. The first-order valence-electron chi connectivity index (χ1n) is 4.78. The summed E-state index contributed by atoms with van der Waals surface area (Å²) in [5.74, 6) is -13.8. The first-order valence-corrected chi connectivity index (χ1v) is 4.78. The van der Waals surface area contributed by atoms with Gasteiger partial charge in [0.05, 0.1) is 12.4 Å². The molecular weight excluding hydrogens is 314 g/mol. The Morgan fingerprint density at radius 3 is 1.35 bits per heavy atom. The highest BCUT2D eigenvalue weighted by molar-refractivity contribution is 5.83. The van der Waals surface area contributed by atoms with Gasteiger partial charge in [-0.1, -0.05) is 0 Å². The summed E-state index contributed by atoms with van der Waals surface area (Å²) in [4.78, 5) is 2.68. The number of alkyl halides is 10. The summed E-state index contributed by atoms with van der Waals surface area (Å²) in [6, 6.07) is 0. The molecule has 0 bridgehead atoms. The van der Waals surface area contributed by atoms with Gasteiger partial charge in [-0.15, -0.1) is 0 Å². The predicted octanol–water partition coefficient (Wildman–Crippen LogP) is 3.13. The van der Waals surface area contributed by atoms with E-state index in [2.05, 4.69) is 4.99 Å². The van der Waals surface area contributed by atoms with E-state index >= 15 is 0 Å². The van der Waals surface area contributed by atoms with E-state index in [1.807, 2.05) is 0 Å². The van der Waals surface area contributed by atoms with E-state index < -0.39 is 48.4 Å². The fraction of sp³-hybridized carbons (Fsp3) is 0.875. The topological polar surface area (TPSA) is 38.4 Å². The maximum Gasteiger partial charge on any atom is 0.454 e. The van der Waals surface area contributed by atoms with E-state index in [1.165, 1.54) is 0 Å². The Balaban J connectivity index is 3.50. The minimum absolute atomic E-state index is 1.13. The third-order valence-electron chi connectivity index (χ3n) is 2.95. The SMILES string of the molecule is NC1=NCC(C(F)(F)C(F)(F)F)(C(F)(F)C(F)(F)F)C1. The molecule has 0 aromatic heterocycles. The number of amidine groups is 1. The number of rotatable bonds is 2. The van der Waals surface area contributed by atoms with E-state index in [0.29, 0.717) is 0 Å². The van der Waals surface area contributed by atoms with Crippen LogP contribution in [0.2, 0.25) is 0 Å². The van der Waals surface area contributed by atoms with Crippen LogP contribution in [0.5, 0.6) is 0 Å². The third kappa shape index (κ3) is 1.99. The third-order valence-corrected chi connectivity index (χ3v) is 2.95. The van der Waals surface area contributed by atoms with Gasteiger partial charge in [-0.05, 0) is 0 Å². The molecule has 0 atom stereocenters. The Morgan fingerprint density at radius 2 is 1.15 bits per heavy atom. The van der Waals surface area contributed by atoms with Gasteiger partial charge in [0.2, 0.25) is 0 Å². The number of nitrogens with two attached hydrogens (primary N) is 1. The van der Waals surface area contributed by atoms with Gasteiger partial charge in [0.1, 0.15) is 5.41 Å². The number of halogens is 10. The van der Waals surface area contributed by atoms with Gasteiger partial charge in [0.15, 0.2) is 0 Å². The van der Waals surface area contributed by atoms with E-state index in [-0.39, 0.29) is 0 Å². The van der Waals surface area contributed by atoms with E-state index in [1.54, 1.807) is 0 Å². The van der Waals surface area contributed by atoms with Gasteiger partial charge in [0.25, 0.3) is 0 Å². The van der Waals surface area contributed by atoms with Gasteiger partial charge in [-0.25, -0.2) is 0 Å². The first-order chi connectivity index (χ1) is 8.60. The van der Waals surface area contributed by atoms with Crippen molar-refractivity contribution in [1.29, 1.82) is 0 Å². The standard InChI is InChI=1S/C8H6F10N2/c9-5(10,7(13,14)15)4(1-3(19)20-2-4)6(11,12)8(16,17)18/h1-2H2,(H2,19,20). The molecule has 2 nitrogen and oxygen atoms in total. The normalized spacial score (nSPS) is 21.0. The van der Waals surface area contributed by atoms with Crippen molar-refractivity contribution >= 4 is 5.84 Å². The zero-order chi connectivity index (χ0) is 16.2. The van der Waals surface area contributed by atoms with Gasteiger partial charge in [0, 0.05) is 6.42 Å². The molecule has 0 aliphatic carbocycles. The lowest BCUT2D eigenvalue weighted by Crippen LogP contribution is -2.66. The monoisotopic (exact) mass is 320 g/mol. The highest BCUT2D eigenvalue weighted by Crippen LogP contribution is 2.62. The van der Waals surface area contributed by atoms with Crippen LogP contribution >= 0.6 is 0 Å². The van der Waals surface area contributed by atoms with Crippen LogP contribution in [0.3, 0.4) is 0 Å². The van der Waals surface area contributed by atoms with Crippen LogP contribution in [-0.4, -0.2) is 36.6 Å². The Morgan fingerprint density at radius 1 is 0.800 bits per heavy atom. The van der Waals surface area contributed by atoms with Crippen molar-refractivity contribution in [2.24, 2.45) is 16.1 Å². The lowest BCUT2D eigenvalue weighted by atomic mass is 9.72. The Hall–Kier alpha value is -1.23. The van der Waals surface area contributed by atoms with E-state index in [9.17, 15) is 43.9 Å². The van der Waals surface area contributed by atoms with Crippen LogP contribution in [0.1, 0.15) is 6.42 Å². The predicted molar refractivity (Wildman–Crippen MR) is 45.5 cm³/mol. The maximum absolute atomic E-state index is 13.3. The summed E-state index contributed by atoms with van der Waals surface area (Å²) in [6.45, 7) is -2.09. The fourth-order valence-corrected chi connectivity index (χ4v) is 1.82. The lowest BCUT2D eigenvalue weighted by molar-refractivity contribution is -0.402. The number of nitrogens with zero attached hydrogens (tertiary/aromatic N) is 1. The summed E-state index contributed by atoms with van der Waals surface area (Å²) in [5, 5.41) is 0. The van der Waals surface area contributed by atoms with Crippen molar-refractivity contribution in [3.63, 3.8) is 0 Å². The van der Waals surface area contributed by atoms with Crippen molar-refractivity contribution in [2.45, 2.75) is 30.6 Å². The van der Waals surface area contributed by atoms with Crippen LogP contribution in [-0.2, 0) is 0 Å². The second-order valence-corrected chi connectivity index (χ2v) is 4.21. The van der Waals surface area contributed by atoms with Crippen molar-refractivity contribution < 1.29 is 43.9 Å². The minimum atomic E-state index is -6.61. The number of hydrogen-bond acceptors (Lipinski definition) is 2. The van der Waals surface area contributed by atoms with Gasteiger partial charge in [-0.2, -0.15) is 43.9 Å². The Bertz CT molecular complexity index is 392. The Kier molecular flexibility index (Phi) is 3.48. The smallest absolute Gasteiger partial charge is 0.387 e. The molecule has 12 heteroatoms. The summed E-state index contributed by atoms with van der Waals surface area (Å²) in [6.07, 6.45) is -15.2. The van der Waals surface area contributed by atoms with Gasteiger partial charge in [-0.3, -0.25) is 4.99 Å². The molecule has 0 saturated carbocycles. The van der Waals surface area contributed by atoms with E-state index in [4.69, 9.17) is 5.73 Å². The molecule has 1 aliphatic rings. The number of aliphatic imine (C=N–C) groups is 1. The molecule has 0 aromatic rings. The molecule has 0 aromatic carbocycles. The summed E-state index contributed by atoms with van der Waals surface area (Å²) in [5.41, 5.74) is -0.0800. The molecule has 1 aliphatic heterocycles. The van der Waals surface area contributed by atoms with Crippen LogP contribution in [0.15, 0.2) is 4.99 Å². The van der Waals surface area contributed by atoms with Gasteiger partial charge < -0.3 is 5.73 Å². The molecule has 0 radical (unpaired) electrons. The zero-order valence-electron chi connectivity index (χ0n) is 9.22. The van der Waals surface area contributed by atoms with E-state index in [0.717, 1.165) is 0 Å². The largest absolute Gasteiger partial charge is 0.454 e. The molecule has 1 rings (SSSR count). The summed E-state index contributed by atoms with van der Waals surface area (Å²) >= 11 is 0. The van der Waals surface area contributed by atoms with Crippen molar-refractivity contribution in [3.8, 4) is 0 Å². The lowest BCUT2D eigenvalue weighted by Gasteiger charge is -2.42. The first kappa shape index (κ1) is 16.8. The molecule has 118 valence electrons. The van der Waals surface area contributed by atoms with Crippen LogP contribution in [0, 0.1) is 5.41 Å². The molecule has 1 heterocycles. The Labute approximate surface area is 104 Å². The number of hydrogen-bond donors (Lipinski definition) is 1. The minimum Gasteiger partial charge on any atom is -0.387 e. The second-order valence-electron chi connectivity index (χ2n) is 4.21. The molecular formula is C8H6F10N2. The molecule has 0 saturated heterocycles. The van der Waals surface area contributed by atoms with Crippen molar-refractivity contribution in [3.05, 3.63) is 0 Å². The highest BCUT2D eigenvalue weighted by atomic mass is 19.4. The second kappa shape index (κ2) is 4.13. The highest BCUT2D eigenvalue weighted by Gasteiger charge is 2.85. The molecule has 2 N–H and O–H groups in total. The van der Waals surface area contributed by atoms with Crippen LogP contribution in [0.4, 0.5) is 43.9 Å². The average Bonchev–Trinajstić information content (AvgIpc) is 2.58. The van der Waals surface area contributed by atoms with Crippen molar-refractivity contribution in [1.82, 2.24) is 0 Å². The molecule has 0 unspecified atom stereocenters. The average molecular weight is 320 g/mol. The summed E-state index contributed by atoms with van der Waals surface area (Å²) < 4.78 is 126. The quantitative estimate of drug-likeness (QED) is 0.780. The van der Waals surface area contributed by atoms with Crippen molar-refractivity contribution in [2.75, 3.05) is 6.54 Å².